The normalized spacial score (nSPS) is 9.11. The molecule has 0 radical (unpaired) electrons. The lowest BCUT2D eigenvalue weighted by atomic mass is 10.3. The second kappa shape index (κ2) is 7.33. The van der Waals surface area contributed by atoms with E-state index >= 15 is 0 Å². The summed E-state index contributed by atoms with van der Waals surface area (Å²) in [7, 11) is 4.53. The van der Waals surface area contributed by atoms with Crippen molar-refractivity contribution >= 4 is 5.69 Å². The summed E-state index contributed by atoms with van der Waals surface area (Å²) in [6.45, 7) is 0. The number of para-hydroxylation sites is 1. The number of benzene rings is 2. The van der Waals surface area contributed by atoms with Gasteiger partial charge in [-0.2, -0.15) is 0 Å². The SMILES string of the molecule is CF.CN(C)c1cccc(Oc2ccccc2)c1. The third-order valence-electron chi connectivity index (χ3n) is 2.31. The first kappa shape index (κ1) is 14.0. The number of ether oxygens (including phenoxy) is 1. The Bertz CT molecular complexity index is 457. The van der Waals surface area contributed by atoms with E-state index in [9.17, 15) is 4.39 Å². The molecule has 0 aliphatic carbocycles. The van der Waals surface area contributed by atoms with E-state index in [2.05, 4.69) is 11.0 Å². The van der Waals surface area contributed by atoms with E-state index in [1.165, 1.54) is 0 Å². The number of hydrogen-bond donors (Lipinski definition) is 0. The van der Waals surface area contributed by atoms with Crippen LogP contribution in [0.15, 0.2) is 54.6 Å². The average Bonchev–Trinajstić information content (AvgIpc) is 2.42. The Balaban J connectivity index is 0.000000771. The Kier molecular flexibility index (Phi) is 5.71. The monoisotopic (exact) mass is 247 g/mol. The Hall–Kier alpha value is -2.03. The Morgan fingerprint density at radius 3 is 2.06 bits per heavy atom. The van der Waals surface area contributed by atoms with Gasteiger partial charge in [-0.25, -0.2) is 0 Å². The van der Waals surface area contributed by atoms with Gasteiger partial charge in [0.2, 0.25) is 0 Å². The molecule has 3 heteroatoms. The quantitative estimate of drug-likeness (QED) is 0.808. The maximum atomic E-state index is 9.50. The van der Waals surface area contributed by atoms with Gasteiger partial charge in [0.05, 0.1) is 7.18 Å². The van der Waals surface area contributed by atoms with Crippen LogP contribution in [0.3, 0.4) is 0 Å². The van der Waals surface area contributed by atoms with Crippen molar-refractivity contribution in [2.75, 3.05) is 26.2 Å². The zero-order valence-electron chi connectivity index (χ0n) is 10.9. The number of anilines is 1. The number of rotatable bonds is 3. The highest BCUT2D eigenvalue weighted by molar-refractivity contribution is 5.50. The van der Waals surface area contributed by atoms with Crippen LogP contribution in [0.25, 0.3) is 0 Å². The molecule has 0 spiro atoms. The van der Waals surface area contributed by atoms with Crippen molar-refractivity contribution in [2.24, 2.45) is 0 Å². The van der Waals surface area contributed by atoms with Crippen molar-refractivity contribution in [3.8, 4) is 11.5 Å². The van der Waals surface area contributed by atoms with Crippen molar-refractivity contribution < 1.29 is 9.13 Å². The second-order valence-corrected chi connectivity index (χ2v) is 3.81. The van der Waals surface area contributed by atoms with Gasteiger partial charge in [-0.1, -0.05) is 24.3 Å². The summed E-state index contributed by atoms with van der Waals surface area (Å²) in [5.41, 5.74) is 1.13. The second-order valence-electron chi connectivity index (χ2n) is 3.81. The zero-order valence-corrected chi connectivity index (χ0v) is 10.9. The molecule has 0 atom stereocenters. The van der Waals surface area contributed by atoms with Gasteiger partial charge in [0.25, 0.3) is 0 Å². The summed E-state index contributed by atoms with van der Waals surface area (Å²) in [5, 5.41) is 0. The number of nitrogens with zero attached hydrogens (tertiary/aromatic N) is 1. The van der Waals surface area contributed by atoms with Crippen LogP contribution >= 0.6 is 0 Å². The van der Waals surface area contributed by atoms with Crippen molar-refractivity contribution in [1.82, 2.24) is 0 Å². The first-order valence-electron chi connectivity index (χ1n) is 5.64. The van der Waals surface area contributed by atoms with Crippen LogP contribution < -0.4 is 9.64 Å². The predicted octanol–water partition coefficient (Wildman–Crippen LogP) is 4.13. The number of alkyl halides is 1. The van der Waals surface area contributed by atoms with Gasteiger partial charge >= 0.3 is 0 Å². The summed E-state index contributed by atoms with van der Waals surface area (Å²) in [6.07, 6.45) is 0. The molecule has 2 nitrogen and oxygen atoms in total. The van der Waals surface area contributed by atoms with E-state index in [0.29, 0.717) is 7.18 Å². The summed E-state index contributed by atoms with van der Waals surface area (Å²) >= 11 is 0. The van der Waals surface area contributed by atoms with E-state index in [0.717, 1.165) is 17.2 Å². The molecule has 0 aromatic heterocycles. The molecular formula is C15H18FNO. The van der Waals surface area contributed by atoms with E-state index in [1.54, 1.807) is 0 Å². The topological polar surface area (TPSA) is 12.5 Å². The van der Waals surface area contributed by atoms with Gasteiger partial charge in [-0.3, -0.25) is 4.39 Å². The van der Waals surface area contributed by atoms with E-state index in [1.807, 2.05) is 62.6 Å². The molecule has 0 amide bonds. The molecule has 0 saturated heterocycles. The highest BCUT2D eigenvalue weighted by Crippen LogP contribution is 2.24. The molecule has 2 aromatic rings. The van der Waals surface area contributed by atoms with Crippen molar-refractivity contribution in [2.45, 2.75) is 0 Å². The molecule has 2 rings (SSSR count). The first-order chi connectivity index (χ1) is 8.75. The minimum absolute atomic E-state index is 0.500. The average molecular weight is 247 g/mol. The molecule has 0 unspecified atom stereocenters. The molecule has 0 bridgehead atoms. The van der Waals surface area contributed by atoms with Crippen LogP contribution in [0.5, 0.6) is 11.5 Å². The maximum Gasteiger partial charge on any atom is 0.129 e. The molecule has 96 valence electrons. The van der Waals surface area contributed by atoms with Crippen LogP contribution in [0, 0.1) is 0 Å². The highest BCUT2D eigenvalue weighted by atomic mass is 19.1. The third kappa shape index (κ3) is 4.09. The van der Waals surface area contributed by atoms with Crippen molar-refractivity contribution in [1.29, 1.82) is 0 Å². The lowest BCUT2D eigenvalue weighted by Gasteiger charge is -2.13. The third-order valence-corrected chi connectivity index (χ3v) is 2.31. The Morgan fingerprint density at radius 2 is 1.44 bits per heavy atom. The van der Waals surface area contributed by atoms with Gasteiger partial charge in [-0.15, -0.1) is 0 Å². The minimum atomic E-state index is 0.500. The lowest BCUT2D eigenvalue weighted by Crippen LogP contribution is -2.08. The number of hydrogen-bond acceptors (Lipinski definition) is 2. The smallest absolute Gasteiger partial charge is 0.129 e. The van der Waals surface area contributed by atoms with Gasteiger partial charge in [-0.05, 0) is 24.3 Å². The van der Waals surface area contributed by atoms with Crippen LogP contribution in [0.1, 0.15) is 0 Å². The Labute approximate surface area is 108 Å². The molecular weight excluding hydrogens is 229 g/mol. The van der Waals surface area contributed by atoms with Gasteiger partial charge in [0.15, 0.2) is 0 Å². The fraction of sp³-hybridized carbons (Fsp3) is 0.200. The van der Waals surface area contributed by atoms with E-state index in [4.69, 9.17) is 4.74 Å². The summed E-state index contributed by atoms with van der Waals surface area (Å²) in [4.78, 5) is 2.05. The largest absolute Gasteiger partial charge is 0.457 e. The minimum Gasteiger partial charge on any atom is -0.457 e. The predicted molar refractivity (Wildman–Crippen MR) is 74.3 cm³/mol. The molecule has 0 fully saturated rings. The fourth-order valence-electron chi connectivity index (χ4n) is 1.45. The molecule has 0 saturated carbocycles. The molecule has 2 aromatic carbocycles. The van der Waals surface area contributed by atoms with Gasteiger partial charge in [0, 0.05) is 25.8 Å². The molecule has 18 heavy (non-hydrogen) atoms. The zero-order chi connectivity index (χ0) is 13.4. The number of halogens is 1. The maximum absolute atomic E-state index is 9.50. The Morgan fingerprint density at radius 1 is 0.833 bits per heavy atom. The van der Waals surface area contributed by atoms with Crippen LogP contribution in [-0.2, 0) is 0 Å². The van der Waals surface area contributed by atoms with Gasteiger partial charge < -0.3 is 9.64 Å². The summed E-state index contributed by atoms with van der Waals surface area (Å²) < 4.78 is 15.2. The van der Waals surface area contributed by atoms with Crippen LogP contribution in [0.4, 0.5) is 10.1 Å². The van der Waals surface area contributed by atoms with Gasteiger partial charge in [0.1, 0.15) is 11.5 Å². The van der Waals surface area contributed by atoms with E-state index < -0.39 is 0 Å². The molecule has 0 heterocycles. The lowest BCUT2D eigenvalue weighted by molar-refractivity contribution is 0.483. The standard InChI is InChI=1S/C14H15NO.CH3F/c1-15(2)12-7-6-10-14(11-12)16-13-8-4-3-5-9-13;1-2/h3-11H,1-2H3;1H3. The molecule has 0 N–H and O–H groups in total. The summed E-state index contributed by atoms with van der Waals surface area (Å²) in [5.74, 6) is 1.72. The van der Waals surface area contributed by atoms with Crippen LogP contribution in [0.2, 0.25) is 0 Å². The molecule has 0 aliphatic rings. The van der Waals surface area contributed by atoms with E-state index in [-0.39, 0.29) is 0 Å². The van der Waals surface area contributed by atoms with Crippen molar-refractivity contribution in [3.05, 3.63) is 54.6 Å². The van der Waals surface area contributed by atoms with Crippen LogP contribution in [-0.4, -0.2) is 21.3 Å². The molecule has 0 aliphatic heterocycles. The first-order valence-corrected chi connectivity index (χ1v) is 5.64. The fourth-order valence-corrected chi connectivity index (χ4v) is 1.45. The van der Waals surface area contributed by atoms with Crippen molar-refractivity contribution in [3.63, 3.8) is 0 Å². The highest BCUT2D eigenvalue weighted by Gasteiger charge is 1.99. The summed E-state index contributed by atoms with van der Waals surface area (Å²) in [6, 6.07) is 17.8.